The summed E-state index contributed by atoms with van der Waals surface area (Å²) in [5.74, 6) is 1.45. The Kier molecular flexibility index (Phi) is 4.92. The van der Waals surface area contributed by atoms with Crippen molar-refractivity contribution >= 4 is 30.1 Å². The molecule has 3 aliphatic rings. The number of halogens is 2. The van der Waals surface area contributed by atoms with Gasteiger partial charge in [-0.25, -0.2) is 4.39 Å². The molecule has 3 fully saturated rings. The maximum atomic E-state index is 13.4. The third-order valence-corrected chi connectivity index (χ3v) is 7.69. The first-order valence-corrected chi connectivity index (χ1v) is 10.4. The van der Waals surface area contributed by atoms with Crippen molar-refractivity contribution in [3.05, 3.63) is 47.4 Å². The van der Waals surface area contributed by atoms with Crippen LogP contribution in [-0.2, 0) is 15.2 Å². The van der Waals surface area contributed by atoms with Crippen LogP contribution in [0.2, 0.25) is 0 Å². The van der Waals surface area contributed by atoms with Gasteiger partial charge in [0.15, 0.2) is 5.82 Å². The normalized spacial score (nSPS) is 28.4. The summed E-state index contributed by atoms with van der Waals surface area (Å²) in [6.45, 7) is 0. The topological polar surface area (TPSA) is 85.2 Å². The number of hydrogen-bond acceptors (Lipinski definition) is 6. The highest BCUT2D eigenvalue weighted by Gasteiger charge is 2.56. The average molecular weight is 425 g/mol. The number of thioether (sulfide) groups is 1. The molecule has 2 N–H and O–H groups in total. The first-order chi connectivity index (χ1) is 13.0. The second-order valence-corrected chi connectivity index (χ2v) is 9.00. The number of amides is 1. The van der Waals surface area contributed by atoms with Crippen LogP contribution in [0.1, 0.15) is 61.8 Å². The minimum atomic E-state index is -0.517. The van der Waals surface area contributed by atoms with Gasteiger partial charge in [-0.3, -0.25) is 4.79 Å². The van der Waals surface area contributed by atoms with Crippen LogP contribution in [0.25, 0.3) is 0 Å². The minimum Gasteiger partial charge on any atom is -0.337 e. The molecule has 2 atom stereocenters. The van der Waals surface area contributed by atoms with E-state index in [1.165, 1.54) is 12.1 Å². The van der Waals surface area contributed by atoms with Crippen molar-refractivity contribution in [3.8, 4) is 0 Å². The van der Waals surface area contributed by atoms with Crippen LogP contribution in [0, 0.1) is 5.82 Å². The zero-order valence-electron chi connectivity index (χ0n) is 15.3. The van der Waals surface area contributed by atoms with Crippen LogP contribution < -0.4 is 5.73 Å². The molecular formula is C19H22ClFN4O2S. The van der Waals surface area contributed by atoms with Gasteiger partial charge in [0, 0.05) is 12.2 Å². The summed E-state index contributed by atoms with van der Waals surface area (Å²) in [7, 11) is 0. The Morgan fingerprint density at radius 1 is 1.21 bits per heavy atom. The Hall–Kier alpha value is -1.64. The maximum Gasteiger partial charge on any atom is 0.250 e. The Balaban J connectivity index is 0.00000192. The maximum absolute atomic E-state index is 13.4. The quantitative estimate of drug-likeness (QED) is 0.809. The van der Waals surface area contributed by atoms with Gasteiger partial charge >= 0.3 is 0 Å². The molecule has 1 aromatic heterocycles. The van der Waals surface area contributed by atoms with Gasteiger partial charge in [-0.1, -0.05) is 30.1 Å². The number of nitrogens with zero attached hydrogens (tertiary/aromatic N) is 3. The van der Waals surface area contributed by atoms with E-state index in [1.807, 2.05) is 4.90 Å². The fraction of sp³-hybridized carbons (Fsp3) is 0.526. The molecule has 0 radical (unpaired) electrons. The van der Waals surface area contributed by atoms with Crippen molar-refractivity contribution in [2.24, 2.45) is 5.73 Å². The van der Waals surface area contributed by atoms with E-state index in [2.05, 4.69) is 10.1 Å². The van der Waals surface area contributed by atoms with E-state index in [9.17, 15) is 9.18 Å². The lowest BCUT2D eigenvalue weighted by atomic mass is 9.98. The fourth-order valence-corrected chi connectivity index (χ4v) is 6.28. The van der Waals surface area contributed by atoms with Crippen LogP contribution in [0.3, 0.4) is 0 Å². The van der Waals surface area contributed by atoms with Crippen LogP contribution in [0.15, 0.2) is 28.8 Å². The SMILES string of the molecule is Cl.NC1(c2noc(C3CSC4(c5ccc(F)cc5)CCC(=O)N34)n2)CCCC1. The lowest BCUT2D eigenvalue weighted by Gasteiger charge is -2.33. The Morgan fingerprint density at radius 2 is 1.93 bits per heavy atom. The van der Waals surface area contributed by atoms with Gasteiger partial charge in [0.25, 0.3) is 0 Å². The number of aromatic nitrogens is 2. The van der Waals surface area contributed by atoms with Gasteiger partial charge < -0.3 is 15.2 Å². The Labute approximate surface area is 172 Å². The number of carbonyl (C=O) groups excluding carboxylic acids is 1. The third kappa shape index (κ3) is 2.84. The van der Waals surface area contributed by atoms with E-state index in [0.717, 1.165) is 31.2 Å². The zero-order valence-corrected chi connectivity index (χ0v) is 16.9. The van der Waals surface area contributed by atoms with E-state index < -0.39 is 10.4 Å². The number of fused-ring (bicyclic) bond motifs is 1. The van der Waals surface area contributed by atoms with Crippen molar-refractivity contribution in [2.45, 2.75) is 55.0 Å². The van der Waals surface area contributed by atoms with Gasteiger partial charge in [0.1, 0.15) is 16.7 Å². The summed E-state index contributed by atoms with van der Waals surface area (Å²) in [4.78, 5) is 18.7. The molecule has 2 aromatic rings. The highest BCUT2D eigenvalue weighted by Crippen LogP contribution is 2.58. The molecule has 5 rings (SSSR count). The summed E-state index contributed by atoms with van der Waals surface area (Å²) in [6, 6.07) is 6.15. The number of rotatable bonds is 3. The van der Waals surface area contributed by atoms with Gasteiger partial charge in [0.2, 0.25) is 11.8 Å². The summed E-state index contributed by atoms with van der Waals surface area (Å²) in [6.07, 6.45) is 5.00. The summed E-state index contributed by atoms with van der Waals surface area (Å²) in [5.41, 5.74) is 6.87. The highest BCUT2D eigenvalue weighted by molar-refractivity contribution is 8.00. The lowest BCUT2D eigenvalue weighted by molar-refractivity contribution is -0.131. The van der Waals surface area contributed by atoms with E-state index in [-0.39, 0.29) is 30.2 Å². The van der Waals surface area contributed by atoms with E-state index in [0.29, 0.717) is 30.3 Å². The van der Waals surface area contributed by atoms with Gasteiger partial charge in [0.05, 0.1) is 5.54 Å². The van der Waals surface area contributed by atoms with E-state index in [4.69, 9.17) is 10.3 Å². The largest absolute Gasteiger partial charge is 0.337 e. The predicted octanol–water partition coefficient (Wildman–Crippen LogP) is 3.62. The molecule has 1 aliphatic carbocycles. The van der Waals surface area contributed by atoms with E-state index >= 15 is 0 Å². The number of nitrogens with two attached hydrogens (primary N) is 1. The standard InChI is InChI=1S/C19H21FN4O2S.ClH/c20-13-5-3-12(4-6-13)19-10-7-15(25)24(19)14(11-27-19)16-22-17(23-26-16)18(21)8-1-2-9-18;/h3-6,14H,1-2,7-11,21H2;1H. The molecule has 2 aliphatic heterocycles. The zero-order chi connectivity index (χ0) is 18.6. The minimum absolute atomic E-state index is 0. The first kappa shape index (κ1) is 19.7. The van der Waals surface area contributed by atoms with Crippen LogP contribution in [0.4, 0.5) is 4.39 Å². The third-order valence-electron chi connectivity index (χ3n) is 6.09. The highest BCUT2D eigenvalue weighted by atomic mass is 35.5. The monoisotopic (exact) mass is 424 g/mol. The second-order valence-electron chi connectivity index (χ2n) is 7.70. The van der Waals surface area contributed by atoms with Crippen LogP contribution >= 0.6 is 24.2 Å². The van der Waals surface area contributed by atoms with Gasteiger partial charge in [-0.2, -0.15) is 4.98 Å². The molecule has 3 heterocycles. The molecule has 6 nitrogen and oxygen atoms in total. The first-order valence-electron chi connectivity index (χ1n) is 9.37. The van der Waals surface area contributed by atoms with Crippen molar-refractivity contribution in [1.82, 2.24) is 15.0 Å². The number of hydrogen-bond donors (Lipinski definition) is 1. The number of carbonyl (C=O) groups is 1. The smallest absolute Gasteiger partial charge is 0.250 e. The molecule has 1 amide bonds. The second kappa shape index (κ2) is 7.00. The number of benzene rings is 1. The van der Waals surface area contributed by atoms with Crippen LogP contribution in [-0.4, -0.2) is 26.7 Å². The van der Waals surface area contributed by atoms with Crippen molar-refractivity contribution in [1.29, 1.82) is 0 Å². The van der Waals surface area contributed by atoms with E-state index in [1.54, 1.807) is 23.9 Å². The molecular weight excluding hydrogens is 403 g/mol. The molecule has 9 heteroatoms. The van der Waals surface area contributed by atoms with Crippen LogP contribution in [0.5, 0.6) is 0 Å². The van der Waals surface area contributed by atoms with Crippen molar-refractivity contribution < 1.29 is 13.7 Å². The molecule has 0 spiro atoms. The Morgan fingerprint density at radius 3 is 2.64 bits per heavy atom. The average Bonchev–Trinajstić information content (AvgIpc) is 3.41. The Bertz CT molecular complexity index is 886. The summed E-state index contributed by atoms with van der Waals surface area (Å²) < 4.78 is 19.0. The summed E-state index contributed by atoms with van der Waals surface area (Å²) >= 11 is 1.69. The summed E-state index contributed by atoms with van der Waals surface area (Å²) in [5, 5.41) is 4.15. The van der Waals surface area contributed by atoms with Crippen molar-refractivity contribution in [3.63, 3.8) is 0 Å². The van der Waals surface area contributed by atoms with Gasteiger partial charge in [-0.05, 0) is 37.0 Å². The molecule has 1 aromatic carbocycles. The van der Waals surface area contributed by atoms with Gasteiger partial charge in [-0.15, -0.1) is 24.2 Å². The van der Waals surface area contributed by atoms with Crippen molar-refractivity contribution in [2.75, 3.05) is 5.75 Å². The molecule has 2 saturated heterocycles. The molecule has 1 saturated carbocycles. The molecule has 28 heavy (non-hydrogen) atoms. The fourth-order valence-electron chi connectivity index (χ4n) is 4.64. The predicted molar refractivity (Wildman–Crippen MR) is 105 cm³/mol. The molecule has 0 bridgehead atoms. The lowest BCUT2D eigenvalue weighted by Crippen LogP contribution is -2.38. The molecule has 2 unspecified atom stereocenters. The molecule has 150 valence electrons.